The molecule has 2 aromatic carbocycles. The zero-order valence-corrected chi connectivity index (χ0v) is 16.4. The Labute approximate surface area is 164 Å². The van der Waals surface area contributed by atoms with Crippen LogP contribution < -0.4 is 10.5 Å². The summed E-state index contributed by atoms with van der Waals surface area (Å²) in [6, 6.07) is 14.7. The number of hydrogen-bond acceptors (Lipinski definition) is 4. The van der Waals surface area contributed by atoms with Crippen molar-refractivity contribution in [2.45, 2.75) is 33.6 Å². The molecule has 4 rings (SSSR count). The van der Waals surface area contributed by atoms with Crippen LogP contribution in [-0.4, -0.2) is 10.2 Å². The molecule has 1 unspecified atom stereocenters. The summed E-state index contributed by atoms with van der Waals surface area (Å²) in [6.45, 7) is 8.30. The number of nitriles is 1. The smallest absolute Gasteiger partial charge is 0.244 e. The first-order chi connectivity index (χ1) is 13.4. The molecule has 1 aliphatic heterocycles. The van der Waals surface area contributed by atoms with Crippen LogP contribution in [-0.2, 0) is 0 Å². The lowest BCUT2D eigenvalue weighted by Crippen LogP contribution is -2.21. The molecule has 0 saturated heterocycles. The molecule has 28 heavy (non-hydrogen) atoms. The standard InChI is InChI=1S/C23H22N4O/c1-12-5-7-16(9-14(12)3)19-18(11-24)22(25)28-23-20(19)21(26-27-23)17-8-6-13(2)15(4)10-17/h5-10,19H,25H2,1-4H3,(H,26,27). The van der Waals surface area contributed by atoms with Crippen LogP contribution in [0.25, 0.3) is 11.3 Å². The summed E-state index contributed by atoms with van der Waals surface area (Å²) in [7, 11) is 0. The van der Waals surface area contributed by atoms with Gasteiger partial charge < -0.3 is 10.5 Å². The van der Waals surface area contributed by atoms with Crippen LogP contribution in [0, 0.1) is 39.0 Å². The number of allylic oxidation sites excluding steroid dienone is 1. The summed E-state index contributed by atoms with van der Waals surface area (Å²) in [4.78, 5) is 0. The first-order valence-corrected chi connectivity index (χ1v) is 9.21. The molecule has 2 heterocycles. The van der Waals surface area contributed by atoms with E-state index in [2.05, 4.69) is 74.3 Å². The van der Waals surface area contributed by atoms with E-state index in [1.165, 1.54) is 16.7 Å². The molecule has 5 nitrogen and oxygen atoms in total. The zero-order chi connectivity index (χ0) is 20.0. The molecule has 3 N–H and O–H groups in total. The highest BCUT2D eigenvalue weighted by Gasteiger charge is 2.35. The average molecular weight is 370 g/mol. The van der Waals surface area contributed by atoms with E-state index in [1.54, 1.807) is 0 Å². The van der Waals surface area contributed by atoms with Gasteiger partial charge in [0, 0.05) is 5.56 Å². The predicted molar refractivity (Wildman–Crippen MR) is 109 cm³/mol. The third-order valence-corrected chi connectivity index (χ3v) is 5.60. The highest BCUT2D eigenvalue weighted by atomic mass is 16.5. The molecule has 3 aromatic rings. The van der Waals surface area contributed by atoms with Crippen molar-refractivity contribution in [1.29, 1.82) is 5.26 Å². The minimum Gasteiger partial charge on any atom is -0.420 e. The highest BCUT2D eigenvalue weighted by molar-refractivity contribution is 5.71. The van der Waals surface area contributed by atoms with E-state index < -0.39 is 0 Å². The van der Waals surface area contributed by atoms with Crippen molar-refractivity contribution < 1.29 is 4.74 Å². The van der Waals surface area contributed by atoms with Gasteiger partial charge in [0.1, 0.15) is 11.6 Å². The molecular weight excluding hydrogens is 348 g/mol. The van der Waals surface area contributed by atoms with Crippen molar-refractivity contribution in [1.82, 2.24) is 10.2 Å². The maximum atomic E-state index is 9.82. The second-order valence-electron chi connectivity index (χ2n) is 7.38. The Morgan fingerprint density at radius 2 is 1.68 bits per heavy atom. The second kappa shape index (κ2) is 6.58. The molecule has 5 heteroatoms. The lowest BCUT2D eigenvalue weighted by Gasteiger charge is -2.24. The monoisotopic (exact) mass is 370 g/mol. The van der Waals surface area contributed by atoms with Gasteiger partial charge in [0.2, 0.25) is 11.8 Å². The van der Waals surface area contributed by atoms with Gasteiger partial charge in [0.05, 0.1) is 17.2 Å². The number of nitrogens with two attached hydrogens (primary N) is 1. The minimum atomic E-state index is -0.330. The van der Waals surface area contributed by atoms with Gasteiger partial charge in [0.25, 0.3) is 0 Å². The van der Waals surface area contributed by atoms with Crippen molar-refractivity contribution in [3.05, 3.63) is 81.2 Å². The van der Waals surface area contributed by atoms with Gasteiger partial charge in [-0.3, -0.25) is 5.10 Å². The fourth-order valence-corrected chi connectivity index (χ4v) is 3.64. The number of nitrogens with zero attached hydrogens (tertiary/aromatic N) is 2. The SMILES string of the molecule is Cc1ccc(-c2[nH]nc3c2C(c2ccc(C)c(C)c2)C(C#N)=C(N)O3)cc1C. The van der Waals surface area contributed by atoms with Crippen LogP contribution in [0.2, 0.25) is 0 Å². The summed E-state index contributed by atoms with van der Waals surface area (Å²) in [5.41, 5.74) is 15.0. The second-order valence-corrected chi connectivity index (χ2v) is 7.38. The molecule has 0 bridgehead atoms. The van der Waals surface area contributed by atoms with Gasteiger partial charge >= 0.3 is 0 Å². The number of aryl methyl sites for hydroxylation is 4. The molecule has 1 aromatic heterocycles. The zero-order valence-electron chi connectivity index (χ0n) is 16.4. The van der Waals surface area contributed by atoms with Crippen molar-refractivity contribution >= 4 is 0 Å². The summed E-state index contributed by atoms with van der Waals surface area (Å²) in [5, 5.41) is 17.3. The van der Waals surface area contributed by atoms with Crippen LogP contribution in [0.4, 0.5) is 0 Å². The number of fused-ring (bicyclic) bond motifs is 1. The molecule has 0 amide bonds. The summed E-state index contributed by atoms with van der Waals surface area (Å²) in [6.07, 6.45) is 0. The van der Waals surface area contributed by atoms with E-state index in [-0.39, 0.29) is 11.8 Å². The normalized spacial score (nSPS) is 15.8. The third kappa shape index (κ3) is 2.74. The van der Waals surface area contributed by atoms with Crippen molar-refractivity contribution in [2.75, 3.05) is 0 Å². The molecule has 0 fully saturated rings. The number of aromatic amines is 1. The summed E-state index contributed by atoms with van der Waals surface area (Å²) >= 11 is 0. The quantitative estimate of drug-likeness (QED) is 0.694. The van der Waals surface area contributed by atoms with Crippen molar-refractivity contribution in [3.8, 4) is 23.2 Å². The fraction of sp³-hybridized carbons (Fsp3) is 0.217. The van der Waals surface area contributed by atoms with Crippen LogP contribution in [0.5, 0.6) is 5.88 Å². The van der Waals surface area contributed by atoms with Gasteiger partial charge in [-0.15, -0.1) is 5.10 Å². The molecule has 0 spiro atoms. The van der Waals surface area contributed by atoms with E-state index in [9.17, 15) is 5.26 Å². The largest absolute Gasteiger partial charge is 0.420 e. The molecule has 0 saturated carbocycles. The number of hydrogen-bond donors (Lipinski definition) is 2. The van der Waals surface area contributed by atoms with Crippen LogP contribution in [0.3, 0.4) is 0 Å². The third-order valence-electron chi connectivity index (χ3n) is 5.60. The molecule has 140 valence electrons. The topological polar surface area (TPSA) is 87.7 Å². The van der Waals surface area contributed by atoms with E-state index in [0.29, 0.717) is 11.5 Å². The van der Waals surface area contributed by atoms with Gasteiger partial charge in [-0.05, 0) is 61.6 Å². The Morgan fingerprint density at radius 1 is 1.00 bits per heavy atom. The molecule has 0 radical (unpaired) electrons. The number of nitrogens with one attached hydrogen (secondary N) is 1. The lowest BCUT2D eigenvalue weighted by atomic mass is 9.82. The van der Waals surface area contributed by atoms with E-state index >= 15 is 0 Å². The highest BCUT2D eigenvalue weighted by Crippen LogP contribution is 2.45. The molecular formula is C23H22N4O. The Morgan fingerprint density at radius 3 is 2.32 bits per heavy atom. The maximum Gasteiger partial charge on any atom is 0.244 e. The van der Waals surface area contributed by atoms with Crippen molar-refractivity contribution in [3.63, 3.8) is 0 Å². The average Bonchev–Trinajstić information content (AvgIpc) is 3.08. The van der Waals surface area contributed by atoms with E-state index in [4.69, 9.17) is 10.5 Å². The van der Waals surface area contributed by atoms with Crippen LogP contribution in [0.1, 0.15) is 39.3 Å². The predicted octanol–water partition coefficient (Wildman–Crippen LogP) is 4.53. The molecule has 1 aliphatic rings. The number of rotatable bonds is 2. The molecule has 0 aliphatic carbocycles. The number of benzene rings is 2. The summed E-state index contributed by atoms with van der Waals surface area (Å²) < 4.78 is 5.69. The van der Waals surface area contributed by atoms with E-state index in [1.807, 2.05) is 6.07 Å². The molecule has 1 atom stereocenters. The Bertz CT molecular complexity index is 1160. The first kappa shape index (κ1) is 17.9. The number of aromatic nitrogens is 2. The van der Waals surface area contributed by atoms with Gasteiger partial charge in [-0.25, -0.2) is 0 Å². The van der Waals surface area contributed by atoms with Gasteiger partial charge in [-0.1, -0.05) is 30.3 Å². The van der Waals surface area contributed by atoms with Crippen LogP contribution >= 0.6 is 0 Å². The Kier molecular flexibility index (Phi) is 4.20. The number of ether oxygens (including phenoxy) is 1. The first-order valence-electron chi connectivity index (χ1n) is 9.21. The number of H-pyrrole nitrogens is 1. The maximum absolute atomic E-state index is 9.82. The van der Waals surface area contributed by atoms with Gasteiger partial charge in [0.15, 0.2) is 0 Å². The van der Waals surface area contributed by atoms with Crippen LogP contribution in [0.15, 0.2) is 47.9 Å². The lowest BCUT2D eigenvalue weighted by molar-refractivity contribution is 0.379. The minimum absolute atomic E-state index is 0.108. The Balaban J connectivity index is 1.96. The van der Waals surface area contributed by atoms with E-state index in [0.717, 1.165) is 27.9 Å². The van der Waals surface area contributed by atoms with Gasteiger partial charge in [-0.2, -0.15) is 5.26 Å². The Hall–Kier alpha value is -3.52. The fourth-order valence-electron chi connectivity index (χ4n) is 3.64. The summed E-state index contributed by atoms with van der Waals surface area (Å²) in [5.74, 6) is 0.202. The van der Waals surface area contributed by atoms with Crippen molar-refractivity contribution in [2.24, 2.45) is 5.73 Å².